The third-order valence-corrected chi connectivity index (χ3v) is 5.90. The van der Waals surface area contributed by atoms with E-state index >= 15 is 0 Å². The van der Waals surface area contributed by atoms with Crippen molar-refractivity contribution in [3.05, 3.63) is 21.7 Å². The molecular formula is C14H18FIN5O6P. The van der Waals surface area contributed by atoms with Crippen molar-refractivity contribution < 1.29 is 32.6 Å². The van der Waals surface area contributed by atoms with Crippen LogP contribution in [0.2, 0.25) is 0 Å². The molecule has 0 amide bonds. The van der Waals surface area contributed by atoms with Crippen molar-refractivity contribution in [2.45, 2.75) is 26.4 Å². The fraction of sp³-hybridized carbons (Fsp3) is 0.500. The van der Waals surface area contributed by atoms with Crippen LogP contribution >= 0.6 is 30.2 Å². The molecule has 1 aliphatic rings. The molecule has 11 nitrogen and oxygen atoms in total. The minimum atomic E-state index is -3.57. The summed E-state index contributed by atoms with van der Waals surface area (Å²) < 4.78 is 49.5. The van der Waals surface area contributed by atoms with Gasteiger partial charge >= 0.3 is 7.60 Å². The Hall–Kier alpha value is -1.38. The van der Waals surface area contributed by atoms with Crippen LogP contribution in [0.15, 0.2) is 17.9 Å². The van der Waals surface area contributed by atoms with Crippen LogP contribution in [-0.2, 0) is 23.1 Å². The second-order valence-electron chi connectivity index (χ2n) is 5.50. The van der Waals surface area contributed by atoms with Crippen molar-refractivity contribution in [3.63, 3.8) is 0 Å². The van der Waals surface area contributed by atoms with Crippen molar-refractivity contribution in [3.8, 4) is 0 Å². The van der Waals surface area contributed by atoms with Gasteiger partial charge in [-0.2, -0.15) is 0 Å². The number of ether oxygens (including phenoxy) is 2. The molecule has 3 heterocycles. The molecule has 0 radical (unpaired) electrons. The maximum Gasteiger partial charge on any atom is 0.356 e. The molecular weight excluding hydrogens is 511 g/mol. The number of nitrogen functional groups attached to an aromatic ring is 1. The molecule has 2 aromatic heterocycles. The number of hydrogen-bond acceptors (Lipinski definition) is 10. The highest BCUT2D eigenvalue weighted by Gasteiger charge is 2.40. The van der Waals surface area contributed by atoms with Crippen LogP contribution in [0, 0.1) is 3.83 Å². The van der Waals surface area contributed by atoms with E-state index in [4.69, 9.17) is 24.3 Å². The molecule has 2 atom stereocenters. The molecule has 14 heteroatoms. The molecule has 3 N–H and O–H groups in total. The number of aliphatic hydroxyl groups is 1. The summed E-state index contributed by atoms with van der Waals surface area (Å²) in [5.41, 5.74) is 6.28. The highest BCUT2D eigenvalue weighted by atomic mass is 127. The lowest BCUT2D eigenvalue weighted by atomic mass is 10.4. The van der Waals surface area contributed by atoms with Crippen LogP contribution < -0.4 is 5.73 Å². The monoisotopic (exact) mass is 529 g/mol. The Morgan fingerprint density at radius 3 is 2.71 bits per heavy atom. The predicted molar refractivity (Wildman–Crippen MR) is 104 cm³/mol. The third kappa shape index (κ3) is 4.14. The van der Waals surface area contributed by atoms with E-state index in [-0.39, 0.29) is 30.2 Å². The van der Waals surface area contributed by atoms with E-state index in [1.165, 1.54) is 10.9 Å². The number of aromatic nitrogens is 4. The van der Waals surface area contributed by atoms with Crippen molar-refractivity contribution >= 4 is 47.2 Å². The number of nitrogens with zero attached hydrogens (tertiary/aromatic N) is 4. The Morgan fingerprint density at radius 2 is 2.07 bits per heavy atom. The van der Waals surface area contributed by atoms with Gasteiger partial charge in [-0.3, -0.25) is 9.13 Å². The first-order valence-corrected chi connectivity index (χ1v) is 11.0. The molecule has 0 saturated heterocycles. The summed E-state index contributed by atoms with van der Waals surface area (Å²) in [4.78, 5) is 12.2. The summed E-state index contributed by atoms with van der Waals surface area (Å²) in [7, 11) is -3.57. The molecule has 0 bridgehead atoms. The molecule has 0 saturated carbocycles. The van der Waals surface area contributed by atoms with Crippen LogP contribution in [0.3, 0.4) is 0 Å². The predicted octanol–water partition coefficient (Wildman–Crippen LogP) is 2.85. The van der Waals surface area contributed by atoms with Gasteiger partial charge in [-0.15, -0.1) is 0 Å². The standard InChI is InChI=1S/C14H18FIN5O6P/c1-3-25-28(23,26-4-2)6-24-13-9(22)7(15)12(27-13)21-5-18-8-10(17)19-14(16)20-11(8)21/h5,12-13,22H,3-4,6H2,1-2H3,(H2,17,19,20)/t12-,13+/m1/s1. The average molecular weight is 529 g/mol. The summed E-state index contributed by atoms with van der Waals surface area (Å²) in [5.74, 6) is -1.66. The molecule has 154 valence electrons. The minimum absolute atomic E-state index is 0.127. The summed E-state index contributed by atoms with van der Waals surface area (Å²) >= 11 is 1.86. The Kier molecular flexibility index (Phi) is 6.51. The largest absolute Gasteiger partial charge is 0.505 e. The number of rotatable bonds is 8. The van der Waals surface area contributed by atoms with E-state index in [1.807, 2.05) is 22.6 Å². The van der Waals surface area contributed by atoms with Gasteiger partial charge in [-0.1, -0.05) is 0 Å². The second-order valence-corrected chi connectivity index (χ2v) is 8.46. The van der Waals surface area contributed by atoms with Gasteiger partial charge in [0.05, 0.1) is 19.5 Å². The van der Waals surface area contributed by atoms with Gasteiger partial charge in [-0.05, 0) is 13.8 Å². The van der Waals surface area contributed by atoms with Crippen molar-refractivity contribution in [1.29, 1.82) is 0 Å². The van der Waals surface area contributed by atoms with Crippen molar-refractivity contribution in [2.24, 2.45) is 0 Å². The molecule has 0 aromatic carbocycles. The molecule has 3 rings (SSSR count). The lowest BCUT2D eigenvalue weighted by Crippen LogP contribution is -2.19. The molecule has 1 aliphatic heterocycles. The lowest BCUT2D eigenvalue weighted by molar-refractivity contribution is -0.146. The van der Waals surface area contributed by atoms with Gasteiger partial charge < -0.3 is 29.4 Å². The van der Waals surface area contributed by atoms with E-state index in [2.05, 4.69) is 15.0 Å². The summed E-state index contributed by atoms with van der Waals surface area (Å²) in [6.45, 7) is 3.55. The number of hydrogen-bond donors (Lipinski definition) is 2. The van der Waals surface area contributed by atoms with E-state index in [9.17, 15) is 14.1 Å². The van der Waals surface area contributed by atoms with Gasteiger partial charge in [0.1, 0.15) is 5.52 Å². The molecule has 0 unspecified atom stereocenters. The van der Waals surface area contributed by atoms with E-state index in [1.54, 1.807) is 13.8 Å². The molecule has 0 spiro atoms. The average Bonchev–Trinajstić information content (AvgIpc) is 3.16. The van der Waals surface area contributed by atoms with Gasteiger partial charge in [0, 0.05) is 22.6 Å². The number of nitrogens with two attached hydrogens (primary N) is 1. The fourth-order valence-corrected chi connectivity index (χ4v) is 4.35. The first kappa shape index (κ1) is 21.3. The van der Waals surface area contributed by atoms with Crippen LogP contribution in [-0.4, -0.2) is 50.5 Å². The van der Waals surface area contributed by atoms with E-state index < -0.39 is 38.0 Å². The zero-order chi connectivity index (χ0) is 20.5. The summed E-state index contributed by atoms with van der Waals surface area (Å²) in [6, 6.07) is 0. The number of halogens is 2. The quantitative estimate of drug-likeness (QED) is 0.298. The van der Waals surface area contributed by atoms with Crippen molar-refractivity contribution in [2.75, 3.05) is 25.3 Å². The maximum absolute atomic E-state index is 14.6. The molecule has 28 heavy (non-hydrogen) atoms. The Labute approximate surface area is 172 Å². The topological polar surface area (TPSA) is 144 Å². The zero-order valence-corrected chi connectivity index (χ0v) is 18.0. The van der Waals surface area contributed by atoms with E-state index in [0.717, 1.165) is 0 Å². The number of fused-ring (bicyclic) bond motifs is 1. The molecule has 0 fully saturated rings. The first-order valence-electron chi connectivity index (χ1n) is 8.19. The first-order chi connectivity index (χ1) is 13.3. The number of anilines is 1. The third-order valence-electron chi connectivity index (χ3n) is 3.65. The normalized spacial score (nSPS) is 20.4. The number of imidazole rings is 1. The smallest absolute Gasteiger partial charge is 0.356 e. The molecule has 0 aliphatic carbocycles. The fourth-order valence-electron chi connectivity index (χ4n) is 2.53. The maximum atomic E-state index is 14.6. The van der Waals surface area contributed by atoms with Gasteiger partial charge in [0.15, 0.2) is 39.5 Å². The second kappa shape index (κ2) is 8.55. The van der Waals surface area contributed by atoms with Crippen LogP contribution in [0.5, 0.6) is 0 Å². The summed E-state index contributed by atoms with van der Waals surface area (Å²) in [5, 5.41) is 10.1. The SMILES string of the molecule is CCOP(=O)(CO[C@H]1O[C@@H](n2cnc3c(N)nc(I)nc32)C(F)=C1O)OCC. The minimum Gasteiger partial charge on any atom is -0.505 e. The van der Waals surface area contributed by atoms with Crippen LogP contribution in [0.4, 0.5) is 10.2 Å². The summed E-state index contributed by atoms with van der Waals surface area (Å²) in [6.07, 6.45) is -2.16. The lowest BCUT2D eigenvalue weighted by Gasteiger charge is -2.20. The van der Waals surface area contributed by atoms with Crippen molar-refractivity contribution in [1.82, 2.24) is 19.5 Å². The number of aliphatic hydroxyl groups excluding tert-OH is 1. The van der Waals surface area contributed by atoms with Gasteiger partial charge in [-0.25, -0.2) is 19.3 Å². The Balaban J connectivity index is 1.81. The highest BCUT2D eigenvalue weighted by molar-refractivity contribution is 14.1. The van der Waals surface area contributed by atoms with Gasteiger partial charge in [0.25, 0.3) is 0 Å². The van der Waals surface area contributed by atoms with Crippen LogP contribution in [0.25, 0.3) is 11.2 Å². The Morgan fingerprint density at radius 1 is 1.39 bits per heavy atom. The molecule has 2 aromatic rings. The van der Waals surface area contributed by atoms with Gasteiger partial charge in [0.2, 0.25) is 6.29 Å². The highest BCUT2D eigenvalue weighted by Crippen LogP contribution is 2.49. The zero-order valence-electron chi connectivity index (χ0n) is 14.9. The van der Waals surface area contributed by atoms with E-state index in [0.29, 0.717) is 3.83 Å². The Bertz CT molecular complexity index is 946. The van der Waals surface area contributed by atoms with Crippen LogP contribution in [0.1, 0.15) is 20.1 Å².